The zero-order valence-corrected chi connectivity index (χ0v) is 14.3. The Labute approximate surface area is 143 Å². The number of thiophene rings is 1. The Morgan fingerprint density at radius 2 is 1.92 bits per heavy atom. The lowest BCUT2D eigenvalue weighted by Crippen LogP contribution is -2.43. The third kappa shape index (κ3) is 2.53. The molecule has 128 valence electrons. The minimum Gasteiger partial charge on any atom is -0.550 e. The minimum atomic E-state index is -1.20. The summed E-state index contributed by atoms with van der Waals surface area (Å²) in [4.78, 5) is 36.9. The van der Waals surface area contributed by atoms with E-state index in [1.165, 1.54) is 11.3 Å². The van der Waals surface area contributed by atoms with Crippen molar-refractivity contribution in [2.45, 2.75) is 26.7 Å². The number of anilines is 1. The molecule has 3 N–H and O–H groups in total. The van der Waals surface area contributed by atoms with Crippen LogP contribution in [0.1, 0.15) is 34.1 Å². The maximum atomic E-state index is 12.7. The van der Waals surface area contributed by atoms with Gasteiger partial charge in [-0.2, -0.15) is 0 Å². The molecule has 1 heterocycles. The Morgan fingerprint density at radius 1 is 1.29 bits per heavy atom. The first-order valence-electron chi connectivity index (χ1n) is 7.97. The number of fused-ring (bicyclic) bond motifs is 2. The minimum absolute atomic E-state index is 0.0957. The van der Waals surface area contributed by atoms with Gasteiger partial charge in [0.05, 0.1) is 11.5 Å². The Hall–Kier alpha value is -2.15. The van der Waals surface area contributed by atoms with E-state index < -0.39 is 23.7 Å². The molecule has 0 spiro atoms. The van der Waals surface area contributed by atoms with Crippen molar-refractivity contribution in [1.82, 2.24) is 0 Å². The molecule has 0 radical (unpaired) electrons. The Balaban J connectivity index is 1.89. The van der Waals surface area contributed by atoms with Gasteiger partial charge in [0, 0.05) is 16.8 Å². The molecule has 0 unspecified atom stereocenters. The Morgan fingerprint density at radius 3 is 2.46 bits per heavy atom. The van der Waals surface area contributed by atoms with Crippen LogP contribution >= 0.6 is 11.3 Å². The van der Waals surface area contributed by atoms with Gasteiger partial charge in [0.15, 0.2) is 0 Å². The normalized spacial score (nSPS) is 27.4. The second kappa shape index (κ2) is 6.05. The summed E-state index contributed by atoms with van der Waals surface area (Å²) >= 11 is 1.30. The van der Waals surface area contributed by atoms with Crippen LogP contribution in [0.15, 0.2) is 12.2 Å². The van der Waals surface area contributed by atoms with E-state index in [9.17, 15) is 19.5 Å². The molecule has 1 aromatic rings. The van der Waals surface area contributed by atoms with Crippen molar-refractivity contribution in [3.63, 3.8) is 0 Å². The number of rotatable bonds is 5. The lowest BCUT2D eigenvalue weighted by atomic mass is 9.82. The number of hydrogen-bond donors (Lipinski definition) is 2. The van der Waals surface area contributed by atoms with Gasteiger partial charge < -0.3 is 21.0 Å². The van der Waals surface area contributed by atoms with Crippen LogP contribution in [-0.4, -0.2) is 17.8 Å². The summed E-state index contributed by atoms with van der Waals surface area (Å²) in [5.74, 6) is -3.90. The van der Waals surface area contributed by atoms with E-state index in [1.54, 1.807) is 0 Å². The number of carbonyl (C=O) groups is 3. The number of aryl methyl sites for hydroxylation is 1. The predicted molar refractivity (Wildman–Crippen MR) is 88.3 cm³/mol. The molecule has 24 heavy (non-hydrogen) atoms. The number of primary amides is 1. The van der Waals surface area contributed by atoms with Crippen molar-refractivity contribution >= 4 is 34.1 Å². The van der Waals surface area contributed by atoms with E-state index in [0.29, 0.717) is 23.4 Å². The van der Waals surface area contributed by atoms with E-state index in [2.05, 4.69) is 5.32 Å². The fourth-order valence-electron chi connectivity index (χ4n) is 4.05. The summed E-state index contributed by atoms with van der Waals surface area (Å²) in [5, 5.41) is 14.6. The third-order valence-corrected chi connectivity index (χ3v) is 6.14. The van der Waals surface area contributed by atoms with Gasteiger partial charge in [-0.1, -0.05) is 19.1 Å². The molecule has 0 aliphatic heterocycles. The summed E-state index contributed by atoms with van der Waals surface area (Å²) in [6, 6.07) is 0. The highest BCUT2D eigenvalue weighted by atomic mass is 32.1. The molecular formula is C17H19N2O4S-. The highest BCUT2D eigenvalue weighted by Gasteiger charge is 2.48. The molecule has 2 amide bonds. The number of carboxylic acid groups (broad SMARTS) is 1. The number of allylic oxidation sites excluding steroid dienone is 2. The van der Waals surface area contributed by atoms with Crippen molar-refractivity contribution in [2.24, 2.45) is 29.4 Å². The first kappa shape index (κ1) is 16.7. The number of hydrogen-bond acceptors (Lipinski definition) is 5. The van der Waals surface area contributed by atoms with Gasteiger partial charge in [0.2, 0.25) is 5.91 Å². The molecule has 3 rings (SSSR count). The number of carbonyl (C=O) groups excluding carboxylic acids is 3. The summed E-state index contributed by atoms with van der Waals surface area (Å²) in [7, 11) is 0. The molecular weight excluding hydrogens is 328 g/mol. The second-order valence-electron chi connectivity index (χ2n) is 6.37. The fraction of sp³-hybridized carbons (Fsp3) is 0.471. The van der Waals surface area contributed by atoms with E-state index in [0.717, 1.165) is 10.4 Å². The molecule has 1 aromatic heterocycles. The lowest BCUT2D eigenvalue weighted by molar-refractivity contribution is -0.313. The second-order valence-corrected chi connectivity index (χ2v) is 7.59. The number of amides is 2. The smallest absolute Gasteiger partial charge is 0.251 e. The van der Waals surface area contributed by atoms with Crippen LogP contribution in [0.3, 0.4) is 0 Å². The quantitative estimate of drug-likeness (QED) is 0.769. The number of aliphatic carboxylic acids is 1. The van der Waals surface area contributed by atoms with Crippen LogP contribution in [-0.2, 0) is 16.0 Å². The van der Waals surface area contributed by atoms with E-state index >= 15 is 0 Å². The molecule has 4 atom stereocenters. The zero-order valence-electron chi connectivity index (χ0n) is 13.5. The number of nitrogens with one attached hydrogen (secondary N) is 1. The van der Waals surface area contributed by atoms with Crippen LogP contribution in [0.25, 0.3) is 0 Å². The number of nitrogens with two attached hydrogens (primary N) is 1. The SMILES string of the molecule is CCc1c(C)sc(NC(=O)[C@H]2[C@@H](C(=O)[O-])[C@@H]3C=C[C@@H]2C3)c1C(N)=O. The van der Waals surface area contributed by atoms with Crippen molar-refractivity contribution in [2.75, 3.05) is 5.32 Å². The van der Waals surface area contributed by atoms with Crippen LogP contribution in [0.4, 0.5) is 5.00 Å². The first-order chi connectivity index (χ1) is 11.3. The Kier molecular flexibility index (Phi) is 4.21. The maximum Gasteiger partial charge on any atom is 0.251 e. The van der Waals surface area contributed by atoms with Crippen LogP contribution in [0.2, 0.25) is 0 Å². The van der Waals surface area contributed by atoms with E-state index in [4.69, 9.17) is 5.73 Å². The molecule has 2 aliphatic carbocycles. The molecule has 2 aliphatic rings. The fourth-order valence-corrected chi connectivity index (χ4v) is 5.20. The maximum absolute atomic E-state index is 12.7. The van der Waals surface area contributed by atoms with Gasteiger partial charge in [0.1, 0.15) is 5.00 Å². The van der Waals surface area contributed by atoms with Crippen LogP contribution in [0, 0.1) is 30.6 Å². The van der Waals surface area contributed by atoms with Crippen LogP contribution < -0.4 is 16.2 Å². The van der Waals surface area contributed by atoms with Gasteiger partial charge in [0.25, 0.3) is 5.91 Å². The zero-order chi connectivity index (χ0) is 17.6. The topological polar surface area (TPSA) is 112 Å². The van der Waals surface area contributed by atoms with E-state index in [-0.39, 0.29) is 17.7 Å². The van der Waals surface area contributed by atoms with Gasteiger partial charge >= 0.3 is 0 Å². The largest absolute Gasteiger partial charge is 0.550 e. The van der Waals surface area contributed by atoms with Gasteiger partial charge in [-0.05, 0) is 37.2 Å². The van der Waals surface area contributed by atoms with Crippen molar-refractivity contribution in [3.8, 4) is 0 Å². The van der Waals surface area contributed by atoms with Crippen molar-refractivity contribution < 1.29 is 19.5 Å². The lowest BCUT2D eigenvalue weighted by Gasteiger charge is -2.27. The molecule has 0 saturated heterocycles. The molecule has 2 bridgehead atoms. The monoisotopic (exact) mass is 347 g/mol. The summed E-state index contributed by atoms with van der Waals surface area (Å²) < 4.78 is 0. The average molecular weight is 347 g/mol. The van der Waals surface area contributed by atoms with Crippen molar-refractivity contribution in [1.29, 1.82) is 0 Å². The standard InChI is InChI=1S/C17H20N2O4S/c1-3-10-7(2)24-16(13(10)14(18)20)19-15(21)11-8-4-5-9(6-8)12(11)17(22)23/h4-5,8-9,11-12H,3,6H2,1-2H3,(H2,18,20)(H,19,21)(H,22,23)/p-1/t8-,9-,11-,12+/m1/s1. The molecule has 7 heteroatoms. The summed E-state index contributed by atoms with van der Waals surface area (Å²) in [5.41, 5.74) is 6.63. The summed E-state index contributed by atoms with van der Waals surface area (Å²) in [6.07, 6.45) is 5.05. The third-order valence-electron chi connectivity index (χ3n) is 5.08. The highest BCUT2D eigenvalue weighted by Crippen LogP contribution is 2.48. The average Bonchev–Trinajstić information content (AvgIpc) is 3.18. The van der Waals surface area contributed by atoms with Gasteiger partial charge in [-0.3, -0.25) is 9.59 Å². The van der Waals surface area contributed by atoms with Gasteiger partial charge in [-0.25, -0.2) is 0 Å². The van der Waals surface area contributed by atoms with E-state index in [1.807, 2.05) is 26.0 Å². The number of carboxylic acids is 1. The molecule has 0 aromatic carbocycles. The highest BCUT2D eigenvalue weighted by molar-refractivity contribution is 7.16. The van der Waals surface area contributed by atoms with Crippen LogP contribution in [0.5, 0.6) is 0 Å². The summed E-state index contributed by atoms with van der Waals surface area (Å²) in [6.45, 7) is 3.79. The molecule has 1 fully saturated rings. The first-order valence-corrected chi connectivity index (χ1v) is 8.78. The molecule has 6 nitrogen and oxygen atoms in total. The molecule has 1 saturated carbocycles. The van der Waals surface area contributed by atoms with Crippen molar-refractivity contribution in [3.05, 3.63) is 28.2 Å². The predicted octanol–water partition coefficient (Wildman–Crippen LogP) is 0.845. The Bertz CT molecular complexity index is 752. The van der Waals surface area contributed by atoms with Gasteiger partial charge in [-0.15, -0.1) is 11.3 Å².